The van der Waals surface area contributed by atoms with E-state index in [0.29, 0.717) is 48.1 Å². The molecular formula is C17H20Cl2N4O4. The molecule has 146 valence electrons. The zero-order valence-electron chi connectivity index (χ0n) is 14.5. The van der Waals surface area contributed by atoms with Crippen LogP contribution in [-0.4, -0.2) is 50.2 Å². The van der Waals surface area contributed by atoms with Gasteiger partial charge in [0.15, 0.2) is 0 Å². The van der Waals surface area contributed by atoms with Gasteiger partial charge in [0.05, 0.1) is 15.7 Å². The zero-order valence-corrected chi connectivity index (χ0v) is 16.1. The molecule has 1 aromatic rings. The molecule has 0 radical (unpaired) electrons. The van der Waals surface area contributed by atoms with Gasteiger partial charge < -0.3 is 20.2 Å². The predicted molar refractivity (Wildman–Crippen MR) is 103 cm³/mol. The molecule has 0 bridgehead atoms. The van der Waals surface area contributed by atoms with Crippen LogP contribution in [0.15, 0.2) is 23.3 Å². The first-order valence-corrected chi connectivity index (χ1v) is 9.13. The van der Waals surface area contributed by atoms with Crippen molar-refractivity contribution >= 4 is 52.8 Å². The van der Waals surface area contributed by atoms with Crippen LogP contribution < -0.4 is 15.6 Å². The lowest BCUT2D eigenvalue weighted by atomic mass is 10.3. The number of hydrogen-bond acceptors (Lipinski definition) is 6. The number of amidine groups is 1. The van der Waals surface area contributed by atoms with E-state index < -0.39 is 0 Å². The maximum absolute atomic E-state index is 12.0. The second kappa shape index (κ2) is 10.9. The number of anilines is 1. The summed E-state index contributed by atoms with van der Waals surface area (Å²) in [6, 6.07) is 5.23. The Kier molecular flexibility index (Phi) is 8.50. The number of halogens is 2. The summed E-state index contributed by atoms with van der Waals surface area (Å²) in [4.78, 5) is 33.4. The van der Waals surface area contributed by atoms with Gasteiger partial charge in [0, 0.05) is 25.9 Å². The third-order valence-corrected chi connectivity index (χ3v) is 4.35. The fourth-order valence-corrected chi connectivity index (χ4v) is 2.62. The van der Waals surface area contributed by atoms with Gasteiger partial charge in [-0.1, -0.05) is 23.2 Å². The van der Waals surface area contributed by atoms with E-state index >= 15 is 0 Å². The van der Waals surface area contributed by atoms with E-state index in [1.54, 1.807) is 17.1 Å². The van der Waals surface area contributed by atoms with Crippen molar-refractivity contribution in [3.63, 3.8) is 0 Å². The van der Waals surface area contributed by atoms with E-state index in [0.717, 1.165) is 5.69 Å². The van der Waals surface area contributed by atoms with Gasteiger partial charge in [0.2, 0.25) is 11.8 Å². The maximum Gasteiger partial charge on any atom is 0.246 e. The fourth-order valence-electron chi connectivity index (χ4n) is 2.33. The number of hydrazone groups is 1. The molecular weight excluding hydrogens is 395 g/mol. The zero-order chi connectivity index (χ0) is 19.6. The Bertz CT molecular complexity index is 727. The molecule has 1 heterocycles. The van der Waals surface area contributed by atoms with E-state index in [1.165, 1.54) is 0 Å². The number of benzene rings is 1. The third kappa shape index (κ3) is 7.16. The molecule has 0 fully saturated rings. The molecule has 0 saturated heterocycles. The van der Waals surface area contributed by atoms with Crippen LogP contribution in [0.25, 0.3) is 0 Å². The van der Waals surface area contributed by atoms with Crippen molar-refractivity contribution in [1.29, 1.82) is 0 Å². The average Bonchev–Trinajstić information content (AvgIpc) is 3.09. The Morgan fingerprint density at radius 2 is 2.07 bits per heavy atom. The predicted octanol–water partition coefficient (Wildman–Crippen LogP) is 1.75. The lowest BCUT2D eigenvalue weighted by Crippen LogP contribution is -2.32. The lowest BCUT2D eigenvalue weighted by Gasteiger charge is -2.13. The maximum atomic E-state index is 12.0. The van der Waals surface area contributed by atoms with E-state index in [4.69, 9.17) is 27.9 Å². The average molecular weight is 415 g/mol. The van der Waals surface area contributed by atoms with Crippen LogP contribution in [0.1, 0.15) is 19.3 Å². The van der Waals surface area contributed by atoms with Gasteiger partial charge in [-0.05, 0) is 24.6 Å². The van der Waals surface area contributed by atoms with Gasteiger partial charge in [-0.25, -0.2) is 0 Å². The van der Waals surface area contributed by atoms with Gasteiger partial charge in [-0.15, -0.1) is 0 Å². The molecule has 2 amide bonds. The smallest absolute Gasteiger partial charge is 0.246 e. The minimum absolute atomic E-state index is 0.114. The minimum Gasteiger partial charge on any atom is -0.364 e. The third-order valence-electron chi connectivity index (χ3n) is 3.61. The summed E-state index contributed by atoms with van der Waals surface area (Å²) in [6.45, 7) is 0.687. The van der Waals surface area contributed by atoms with Crippen LogP contribution in [0.3, 0.4) is 0 Å². The van der Waals surface area contributed by atoms with Crippen molar-refractivity contribution in [3.8, 4) is 0 Å². The molecule has 1 aliphatic heterocycles. The van der Waals surface area contributed by atoms with Crippen molar-refractivity contribution in [2.75, 3.05) is 31.3 Å². The normalized spacial score (nSPS) is 13.3. The second-order valence-corrected chi connectivity index (χ2v) is 6.52. The standard InChI is InChI=1S/C17H20Cl2N4O4/c18-13-4-3-12(10-14(13)19)23-7-5-15(22-23)21-16(25)2-1-6-20-17(26)11-27-9-8-24/h3-4,8,10H,1-2,5-7,9,11H2,(H,20,26)(H,21,22,25). The number of ether oxygens (including phenoxy) is 1. The fraction of sp³-hybridized carbons (Fsp3) is 0.412. The van der Waals surface area contributed by atoms with Crippen molar-refractivity contribution in [3.05, 3.63) is 28.2 Å². The second-order valence-electron chi connectivity index (χ2n) is 5.70. The number of nitrogens with zero attached hydrogens (tertiary/aromatic N) is 2. The van der Waals surface area contributed by atoms with Crippen LogP contribution >= 0.6 is 23.2 Å². The highest BCUT2D eigenvalue weighted by Crippen LogP contribution is 2.28. The number of carbonyl (C=O) groups excluding carboxylic acids is 3. The molecule has 0 aromatic heterocycles. The molecule has 0 spiro atoms. The summed E-state index contributed by atoms with van der Waals surface area (Å²) < 4.78 is 4.78. The highest BCUT2D eigenvalue weighted by molar-refractivity contribution is 6.42. The molecule has 8 nitrogen and oxygen atoms in total. The van der Waals surface area contributed by atoms with E-state index in [1.807, 2.05) is 6.07 Å². The molecule has 1 aliphatic rings. The van der Waals surface area contributed by atoms with E-state index in [9.17, 15) is 14.4 Å². The van der Waals surface area contributed by atoms with Crippen LogP contribution in [0.4, 0.5) is 5.69 Å². The van der Waals surface area contributed by atoms with Crippen LogP contribution in [0.2, 0.25) is 10.0 Å². The van der Waals surface area contributed by atoms with Crippen molar-refractivity contribution in [2.24, 2.45) is 5.10 Å². The number of hydrogen-bond donors (Lipinski definition) is 2. The molecule has 10 heteroatoms. The Morgan fingerprint density at radius 1 is 1.26 bits per heavy atom. The SMILES string of the molecule is O=CCOCC(=O)NCCCC(=O)NC1=NN(c2ccc(Cl)c(Cl)c2)CC1. The summed E-state index contributed by atoms with van der Waals surface area (Å²) in [6.07, 6.45) is 1.92. The topological polar surface area (TPSA) is 100 Å². The molecule has 27 heavy (non-hydrogen) atoms. The highest BCUT2D eigenvalue weighted by Gasteiger charge is 2.18. The molecule has 0 aliphatic carbocycles. The van der Waals surface area contributed by atoms with Gasteiger partial charge in [0.25, 0.3) is 0 Å². The summed E-state index contributed by atoms with van der Waals surface area (Å²) in [5.41, 5.74) is 0.799. The monoisotopic (exact) mass is 414 g/mol. The first kappa shape index (κ1) is 21.1. The van der Waals surface area contributed by atoms with E-state index in [-0.39, 0.29) is 31.4 Å². The number of amides is 2. The molecule has 0 atom stereocenters. The van der Waals surface area contributed by atoms with Gasteiger partial charge in [-0.3, -0.25) is 14.6 Å². The van der Waals surface area contributed by atoms with Gasteiger partial charge in [0.1, 0.15) is 25.3 Å². The number of rotatable bonds is 9. The van der Waals surface area contributed by atoms with E-state index in [2.05, 4.69) is 15.7 Å². The molecule has 0 unspecified atom stereocenters. The quantitative estimate of drug-likeness (QED) is 0.473. The summed E-state index contributed by atoms with van der Waals surface area (Å²) >= 11 is 11.9. The van der Waals surface area contributed by atoms with Crippen molar-refractivity contribution in [1.82, 2.24) is 10.6 Å². The Morgan fingerprint density at radius 3 is 2.81 bits per heavy atom. The Hall–Kier alpha value is -2.16. The Labute approximate surface area is 166 Å². The summed E-state index contributed by atoms with van der Waals surface area (Å²) in [5.74, 6) is 0.0863. The van der Waals surface area contributed by atoms with Crippen LogP contribution in [0, 0.1) is 0 Å². The van der Waals surface area contributed by atoms with Crippen LogP contribution in [0.5, 0.6) is 0 Å². The van der Waals surface area contributed by atoms with Gasteiger partial charge >= 0.3 is 0 Å². The molecule has 1 aromatic carbocycles. The first-order chi connectivity index (χ1) is 13.0. The lowest BCUT2D eigenvalue weighted by molar-refractivity contribution is -0.127. The number of carbonyl (C=O) groups is 3. The highest BCUT2D eigenvalue weighted by atomic mass is 35.5. The molecule has 2 rings (SSSR count). The Balaban J connectivity index is 1.69. The number of nitrogens with one attached hydrogen (secondary N) is 2. The summed E-state index contributed by atoms with van der Waals surface area (Å²) in [7, 11) is 0. The van der Waals surface area contributed by atoms with Crippen LogP contribution in [-0.2, 0) is 19.1 Å². The van der Waals surface area contributed by atoms with Crippen molar-refractivity contribution in [2.45, 2.75) is 19.3 Å². The molecule has 0 saturated carbocycles. The largest absolute Gasteiger partial charge is 0.364 e. The number of aldehydes is 1. The first-order valence-electron chi connectivity index (χ1n) is 8.37. The minimum atomic E-state index is -0.324. The molecule has 2 N–H and O–H groups in total. The van der Waals surface area contributed by atoms with Crippen molar-refractivity contribution < 1.29 is 19.1 Å². The van der Waals surface area contributed by atoms with Gasteiger partial charge in [-0.2, -0.15) is 5.10 Å². The summed E-state index contributed by atoms with van der Waals surface area (Å²) in [5, 5.41) is 12.4.